The quantitative estimate of drug-likeness (QED) is 0.824. The number of aromatic nitrogens is 2. The molecule has 1 heterocycles. The van der Waals surface area contributed by atoms with Crippen molar-refractivity contribution in [1.82, 2.24) is 9.36 Å². The van der Waals surface area contributed by atoms with E-state index in [4.69, 9.17) is 5.73 Å². The molecule has 20 heavy (non-hydrogen) atoms. The van der Waals surface area contributed by atoms with Crippen LogP contribution in [0.4, 0.5) is 5.13 Å². The van der Waals surface area contributed by atoms with Crippen LogP contribution >= 0.6 is 11.5 Å². The zero-order valence-electron chi connectivity index (χ0n) is 11.2. The predicted octanol–water partition coefficient (Wildman–Crippen LogP) is 1.72. The number of nitrogens with two attached hydrogens (primary N) is 1. The normalized spacial score (nSPS) is 9.75. The van der Waals surface area contributed by atoms with E-state index in [0.717, 1.165) is 22.7 Å². The van der Waals surface area contributed by atoms with Gasteiger partial charge in [0.15, 0.2) is 0 Å². The van der Waals surface area contributed by atoms with E-state index < -0.39 is 0 Å². The first-order valence-electron chi connectivity index (χ1n) is 6.01. The van der Waals surface area contributed by atoms with E-state index in [-0.39, 0.29) is 5.91 Å². The van der Waals surface area contributed by atoms with Crippen LogP contribution in [0.5, 0.6) is 0 Å². The molecule has 0 saturated carbocycles. The Hall–Kier alpha value is -2.23. The van der Waals surface area contributed by atoms with Crippen molar-refractivity contribution in [3.05, 3.63) is 40.7 Å². The smallest absolute Gasteiger partial charge is 0.257 e. The molecular formula is C14H14N4OS. The van der Waals surface area contributed by atoms with Gasteiger partial charge >= 0.3 is 0 Å². The minimum absolute atomic E-state index is 0.213. The highest BCUT2D eigenvalue weighted by Crippen LogP contribution is 2.15. The second-order valence-corrected chi connectivity index (χ2v) is 4.89. The highest BCUT2D eigenvalue weighted by Gasteiger charge is 2.12. The van der Waals surface area contributed by atoms with E-state index in [1.165, 1.54) is 0 Å². The Kier molecular flexibility index (Phi) is 4.45. The summed E-state index contributed by atoms with van der Waals surface area (Å²) in [5.74, 6) is 6.11. The molecule has 1 amide bonds. The van der Waals surface area contributed by atoms with Crippen molar-refractivity contribution in [2.24, 2.45) is 5.73 Å². The average Bonchev–Trinajstić information content (AvgIpc) is 2.83. The van der Waals surface area contributed by atoms with Gasteiger partial charge in [-0.3, -0.25) is 10.1 Å². The Balaban J connectivity index is 2.24. The molecule has 0 radical (unpaired) electrons. The van der Waals surface area contributed by atoms with Gasteiger partial charge in [0.25, 0.3) is 5.91 Å². The van der Waals surface area contributed by atoms with Crippen molar-refractivity contribution in [2.75, 3.05) is 11.9 Å². The fourth-order valence-electron chi connectivity index (χ4n) is 1.61. The Labute approximate surface area is 121 Å². The van der Waals surface area contributed by atoms with Crippen molar-refractivity contribution in [3.8, 4) is 11.8 Å². The molecule has 0 atom stereocenters. The maximum absolute atomic E-state index is 12.2. The molecule has 0 spiro atoms. The van der Waals surface area contributed by atoms with Gasteiger partial charge in [0.05, 0.1) is 6.54 Å². The van der Waals surface area contributed by atoms with Gasteiger partial charge in [-0.2, -0.15) is 4.37 Å². The zero-order valence-corrected chi connectivity index (χ0v) is 12.0. The summed E-state index contributed by atoms with van der Waals surface area (Å²) in [4.78, 5) is 16.3. The lowest BCUT2D eigenvalue weighted by Crippen LogP contribution is -2.13. The highest BCUT2D eigenvalue weighted by atomic mass is 32.1. The van der Waals surface area contributed by atoms with Gasteiger partial charge in [0.1, 0.15) is 5.82 Å². The van der Waals surface area contributed by atoms with Crippen LogP contribution in [0, 0.1) is 25.7 Å². The lowest BCUT2D eigenvalue weighted by atomic mass is 10.0. The molecule has 1 aromatic carbocycles. The molecule has 0 bridgehead atoms. The van der Waals surface area contributed by atoms with Crippen molar-refractivity contribution >= 4 is 22.6 Å². The average molecular weight is 286 g/mol. The SMILES string of the molecule is Cc1nsc(NC(=O)c2cc(C#CCN)ccc2C)n1. The molecule has 1 aromatic heterocycles. The second kappa shape index (κ2) is 6.28. The Bertz CT molecular complexity index is 697. The molecule has 6 heteroatoms. The first kappa shape index (κ1) is 14.2. The molecule has 0 aliphatic heterocycles. The monoisotopic (exact) mass is 286 g/mol. The van der Waals surface area contributed by atoms with Crippen LogP contribution < -0.4 is 11.1 Å². The van der Waals surface area contributed by atoms with E-state index in [1.54, 1.807) is 13.0 Å². The van der Waals surface area contributed by atoms with Gasteiger partial charge in [-0.15, -0.1) is 0 Å². The van der Waals surface area contributed by atoms with E-state index >= 15 is 0 Å². The molecule has 0 fully saturated rings. The minimum Gasteiger partial charge on any atom is -0.320 e. The van der Waals surface area contributed by atoms with Crippen LogP contribution in [0.2, 0.25) is 0 Å². The number of amides is 1. The van der Waals surface area contributed by atoms with Gasteiger partial charge in [0, 0.05) is 22.7 Å². The number of carbonyl (C=O) groups is 1. The second-order valence-electron chi connectivity index (χ2n) is 4.14. The summed E-state index contributed by atoms with van der Waals surface area (Å²) in [6.45, 7) is 3.94. The van der Waals surface area contributed by atoms with Crippen molar-refractivity contribution in [2.45, 2.75) is 13.8 Å². The maximum Gasteiger partial charge on any atom is 0.257 e. The molecule has 102 valence electrons. The number of rotatable bonds is 2. The van der Waals surface area contributed by atoms with Crippen molar-refractivity contribution < 1.29 is 4.79 Å². The number of anilines is 1. The molecule has 0 saturated heterocycles. The maximum atomic E-state index is 12.2. The molecule has 2 rings (SSSR count). The number of nitrogens with zero attached hydrogens (tertiary/aromatic N) is 2. The molecule has 0 unspecified atom stereocenters. The number of aryl methyl sites for hydroxylation is 2. The van der Waals surface area contributed by atoms with Gasteiger partial charge in [-0.1, -0.05) is 17.9 Å². The highest BCUT2D eigenvalue weighted by molar-refractivity contribution is 7.09. The van der Waals surface area contributed by atoms with Gasteiger partial charge in [-0.25, -0.2) is 4.98 Å². The standard InChI is InChI=1S/C14H14N4OS/c1-9-5-6-11(4-3-7-15)8-12(9)13(19)17-14-16-10(2)18-20-14/h5-6,8H,7,15H2,1-2H3,(H,16,17,18,19). The number of hydrogen-bond donors (Lipinski definition) is 2. The fourth-order valence-corrected chi connectivity index (χ4v) is 2.18. The minimum atomic E-state index is -0.213. The van der Waals surface area contributed by atoms with Crippen LogP contribution in [0.3, 0.4) is 0 Å². The Morgan fingerprint density at radius 2 is 2.25 bits per heavy atom. The summed E-state index contributed by atoms with van der Waals surface area (Å²) in [6.07, 6.45) is 0. The van der Waals surface area contributed by atoms with E-state index in [9.17, 15) is 4.79 Å². The summed E-state index contributed by atoms with van der Waals surface area (Å²) in [7, 11) is 0. The zero-order chi connectivity index (χ0) is 14.5. The van der Waals surface area contributed by atoms with E-state index in [0.29, 0.717) is 23.1 Å². The Morgan fingerprint density at radius 3 is 2.90 bits per heavy atom. The van der Waals surface area contributed by atoms with E-state index in [1.807, 2.05) is 19.1 Å². The third kappa shape index (κ3) is 3.41. The number of nitrogens with one attached hydrogen (secondary N) is 1. The van der Waals surface area contributed by atoms with Gasteiger partial charge < -0.3 is 5.73 Å². The third-order valence-electron chi connectivity index (χ3n) is 2.57. The topological polar surface area (TPSA) is 80.9 Å². The number of benzene rings is 1. The first-order chi connectivity index (χ1) is 9.60. The number of hydrogen-bond acceptors (Lipinski definition) is 5. The summed E-state index contributed by atoms with van der Waals surface area (Å²) in [5.41, 5.74) is 7.55. The molecule has 3 N–H and O–H groups in total. The van der Waals surface area contributed by atoms with Crippen LogP contribution in [0.15, 0.2) is 18.2 Å². The van der Waals surface area contributed by atoms with Crippen LogP contribution in [-0.4, -0.2) is 21.8 Å². The Morgan fingerprint density at radius 1 is 1.45 bits per heavy atom. The summed E-state index contributed by atoms with van der Waals surface area (Å²) >= 11 is 1.16. The van der Waals surface area contributed by atoms with Crippen LogP contribution in [-0.2, 0) is 0 Å². The summed E-state index contributed by atoms with van der Waals surface area (Å²) in [5, 5.41) is 3.23. The summed E-state index contributed by atoms with van der Waals surface area (Å²) in [6, 6.07) is 5.48. The fraction of sp³-hybridized carbons (Fsp3) is 0.214. The van der Waals surface area contributed by atoms with Gasteiger partial charge in [0.2, 0.25) is 5.13 Å². The predicted molar refractivity (Wildman–Crippen MR) is 79.7 cm³/mol. The molecular weight excluding hydrogens is 272 g/mol. The van der Waals surface area contributed by atoms with Crippen LogP contribution in [0.25, 0.3) is 0 Å². The lowest BCUT2D eigenvalue weighted by Gasteiger charge is -2.05. The van der Waals surface area contributed by atoms with Crippen LogP contribution in [0.1, 0.15) is 27.3 Å². The third-order valence-corrected chi connectivity index (χ3v) is 3.29. The molecule has 0 aliphatic rings. The molecule has 5 nitrogen and oxygen atoms in total. The first-order valence-corrected chi connectivity index (χ1v) is 6.78. The van der Waals surface area contributed by atoms with Crippen molar-refractivity contribution in [3.63, 3.8) is 0 Å². The van der Waals surface area contributed by atoms with Crippen molar-refractivity contribution in [1.29, 1.82) is 0 Å². The van der Waals surface area contributed by atoms with Gasteiger partial charge in [-0.05, 0) is 31.5 Å². The number of carbonyl (C=O) groups excluding carboxylic acids is 1. The van der Waals surface area contributed by atoms with E-state index in [2.05, 4.69) is 26.5 Å². The lowest BCUT2D eigenvalue weighted by molar-refractivity contribution is 0.102. The molecule has 2 aromatic rings. The molecule has 0 aliphatic carbocycles. The largest absolute Gasteiger partial charge is 0.320 e. The summed E-state index contributed by atoms with van der Waals surface area (Å²) < 4.78 is 4.02.